The standard InChI is InChI=1S/C26H31N7O/c1-16-18-15-31(24(34)17(18)14-22(27-16)32-13-7-11-25(32,2)3)20-9-6-8-19(28-20)23-30-29-21-10-12-26(4,5)33(21)23/h6,8-9,14H,7,10-13,15H2,1-5H3. The van der Waals surface area contributed by atoms with Crippen molar-refractivity contribution >= 4 is 17.5 Å². The van der Waals surface area contributed by atoms with Crippen LogP contribution in [0.15, 0.2) is 24.3 Å². The van der Waals surface area contributed by atoms with E-state index in [1.165, 1.54) is 0 Å². The Morgan fingerprint density at radius 3 is 2.56 bits per heavy atom. The molecule has 8 heteroatoms. The second-order valence-corrected chi connectivity index (χ2v) is 11.0. The van der Waals surface area contributed by atoms with Gasteiger partial charge in [-0.3, -0.25) is 9.69 Å². The van der Waals surface area contributed by atoms with Gasteiger partial charge in [-0.25, -0.2) is 9.97 Å². The number of rotatable bonds is 3. The Morgan fingerprint density at radius 2 is 1.79 bits per heavy atom. The Hall–Kier alpha value is -3.29. The van der Waals surface area contributed by atoms with E-state index in [1.54, 1.807) is 4.90 Å². The fourth-order valence-electron chi connectivity index (χ4n) is 5.81. The first-order chi connectivity index (χ1) is 16.2. The van der Waals surface area contributed by atoms with Crippen molar-refractivity contribution in [1.29, 1.82) is 0 Å². The highest BCUT2D eigenvalue weighted by molar-refractivity contribution is 6.10. The van der Waals surface area contributed by atoms with Crippen molar-refractivity contribution in [2.45, 2.75) is 77.9 Å². The van der Waals surface area contributed by atoms with Gasteiger partial charge >= 0.3 is 0 Å². The van der Waals surface area contributed by atoms with E-state index in [4.69, 9.17) is 9.97 Å². The number of nitrogens with zero attached hydrogens (tertiary/aromatic N) is 7. The highest BCUT2D eigenvalue weighted by atomic mass is 16.2. The molecule has 0 aromatic carbocycles. The molecule has 3 aliphatic heterocycles. The summed E-state index contributed by atoms with van der Waals surface area (Å²) < 4.78 is 2.19. The molecule has 6 heterocycles. The molecule has 0 saturated carbocycles. The molecule has 0 atom stereocenters. The van der Waals surface area contributed by atoms with E-state index in [0.717, 1.165) is 72.2 Å². The minimum absolute atomic E-state index is 0.0183. The lowest BCUT2D eigenvalue weighted by Crippen LogP contribution is -2.38. The minimum Gasteiger partial charge on any atom is -0.351 e. The number of anilines is 2. The van der Waals surface area contributed by atoms with Crippen molar-refractivity contribution in [2.75, 3.05) is 16.3 Å². The zero-order chi connectivity index (χ0) is 23.8. The maximum Gasteiger partial charge on any atom is 0.260 e. The first kappa shape index (κ1) is 21.3. The Morgan fingerprint density at radius 1 is 0.971 bits per heavy atom. The van der Waals surface area contributed by atoms with Crippen LogP contribution >= 0.6 is 0 Å². The largest absolute Gasteiger partial charge is 0.351 e. The third-order valence-corrected chi connectivity index (χ3v) is 7.82. The summed E-state index contributed by atoms with van der Waals surface area (Å²) in [6, 6.07) is 7.77. The molecule has 8 nitrogen and oxygen atoms in total. The van der Waals surface area contributed by atoms with Crippen molar-refractivity contribution in [1.82, 2.24) is 24.7 Å². The smallest absolute Gasteiger partial charge is 0.260 e. The summed E-state index contributed by atoms with van der Waals surface area (Å²) in [7, 11) is 0. The number of carbonyl (C=O) groups excluding carboxylic acids is 1. The number of hydrogen-bond donors (Lipinski definition) is 0. The van der Waals surface area contributed by atoms with Crippen LogP contribution in [0, 0.1) is 6.92 Å². The maximum atomic E-state index is 13.6. The summed E-state index contributed by atoms with van der Waals surface area (Å²) in [5, 5.41) is 8.84. The average molecular weight is 458 g/mol. The molecule has 34 heavy (non-hydrogen) atoms. The molecule has 0 N–H and O–H groups in total. The summed E-state index contributed by atoms with van der Waals surface area (Å²) in [4.78, 5) is 27.4. The molecular weight excluding hydrogens is 426 g/mol. The van der Waals surface area contributed by atoms with Gasteiger partial charge in [0.05, 0.1) is 12.1 Å². The molecule has 3 aromatic heterocycles. The van der Waals surface area contributed by atoms with Crippen LogP contribution in [0.2, 0.25) is 0 Å². The fourth-order valence-corrected chi connectivity index (χ4v) is 5.81. The number of fused-ring (bicyclic) bond motifs is 2. The molecule has 0 radical (unpaired) electrons. The van der Waals surface area contributed by atoms with E-state index in [2.05, 4.69) is 47.4 Å². The minimum atomic E-state index is -0.0475. The van der Waals surface area contributed by atoms with Crippen molar-refractivity contribution in [2.24, 2.45) is 0 Å². The lowest BCUT2D eigenvalue weighted by molar-refractivity contribution is 0.0996. The van der Waals surface area contributed by atoms with E-state index in [-0.39, 0.29) is 17.0 Å². The average Bonchev–Trinajstić information content (AvgIpc) is 3.53. The molecule has 0 aliphatic carbocycles. The predicted molar refractivity (Wildman–Crippen MR) is 131 cm³/mol. The van der Waals surface area contributed by atoms with E-state index in [9.17, 15) is 4.79 Å². The summed E-state index contributed by atoms with van der Waals surface area (Å²) >= 11 is 0. The van der Waals surface area contributed by atoms with Crippen molar-refractivity contribution in [3.05, 3.63) is 46.9 Å². The molecule has 0 spiro atoms. The molecule has 3 aromatic rings. The van der Waals surface area contributed by atoms with Gasteiger partial charge in [-0.1, -0.05) is 6.07 Å². The lowest BCUT2D eigenvalue weighted by atomic mass is 10.0. The summed E-state index contributed by atoms with van der Waals surface area (Å²) in [6.07, 6.45) is 4.23. The Balaban J connectivity index is 1.35. The number of pyridine rings is 2. The van der Waals surface area contributed by atoms with Gasteiger partial charge < -0.3 is 9.47 Å². The molecular formula is C26H31N7O. The molecule has 1 fully saturated rings. The number of hydrogen-bond acceptors (Lipinski definition) is 6. The van der Waals surface area contributed by atoms with Crippen LogP contribution in [0.25, 0.3) is 11.5 Å². The molecule has 0 bridgehead atoms. The van der Waals surface area contributed by atoms with Crippen LogP contribution in [0.1, 0.15) is 74.4 Å². The fraction of sp³-hybridized carbons (Fsp3) is 0.500. The monoisotopic (exact) mass is 457 g/mol. The lowest BCUT2D eigenvalue weighted by Gasteiger charge is -2.33. The quantitative estimate of drug-likeness (QED) is 0.585. The van der Waals surface area contributed by atoms with E-state index in [1.807, 2.05) is 31.2 Å². The molecule has 1 amide bonds. The van der Waals surface area contributed by atoms with Crippen LogP contribution in [0.5, 0.6) is 0 Å². The molecule has 1 saturated heterocycles. The molecule has 176 valence electrons. The molecule has 3 aliphatic rings. The van der Waals surface area contributed by atoms with Gasteiger partial charge in [0.15, 0.2) is 5.82 Å². The first-order valence-electron chi connectivity index (χ1n) is 12.2. The van der Waals surface area contributed by atoms with Gasteiger partial charge in [0.1, 0.15) is 23.2 Å². The third kappa shape index (κ3) is 3.07. The summed E-state index contributed by atoms with van der Waals surface area (Å²) in [5.41, 5.74) is 3.39. The zero-order valence-corrected chi connectivity index (χ0v) is 20.6. The zero-order valence-electron chi connectivity index (χ0n) is 20.6. The summed E-state index contributed by atoms with van der Waals surface area (Å²) in [5.74, 6) is 3.28. The predicted octanol–water partition coefficient (Wildman–Crippen LogP) is 4.26. The van der Waals surface area contributed by atoms with Gasteiger partial charge in [0, 0.05) is 35.3 Å². The second-order valence-electron chi connectivity index (χ2n) is 11.0. The maximum absolute atomic E-state index is 13.6. The van der Waals surface area contributed by atoms with Crippen LogP contribution in [0.3, 0.4) is 0 Å². The van der Waals surface area contributed by atoms with Crippen LogP contribution in [0.4, 0.5) is 11.6 Å². The topological polar surface area (TPSA) is 80.0 Å². The highest BCUT2D eigenvalue weighted by Crippen LogP contribution is 2.38. The van der Waals surface area contributed by atoms with Crippen LogP contribution in [-0.4, -0.2) is 42.7 Å². The number of carbonyl (C=O) groups is 1. The van der Waals surface area contributed by atoms with Crippen molar-refractivity contribution < 1.29 is 4.79 Å². The van der Waals surface area contributed by atoms with E-state index in [0.29, 0.717) is 12.4 Å². The van der Waals surface area contributed by atoms with Crippen molar-refractivity contribution in [3.8, 4) is 11.5 Å². The van der Waals surface area contributed by atoms with Crippen molar-refractivity contribution in [3.63, 3.8) is 0 Å². The van der Waals surface area contributed by atoms with Gasteiger partial charge in [-0.2, -0.15) is 0 Å². The Kier molecular flexibility index (Phi) is 4.44. The molecule has 6 rings (SSSR count). The first-order valence-corrected chi connectivity index (χ1v) is 12.2. The van der Waals surface area contributed by atoms with Gasteiger partial charge in [0.2, 0.25) is 0 Å². The number of aryl methyl sites for hydroxylation is 2. The van der Waals surface area contributed by atoms with E-state index >= 15 is 0 Å². The summed E-state index contributed by atoms with van der Waals surface area (Å²) in [6.45, 7) is 12.4. The van der Waals surface area contributed by atoms with Crippen LogP contribution < -0.4 is 9.80 Å². The SMILES string of the molecule is Cc1nc(N2CCCC2(C)C)cc2c1CN(c1cccc(-c3nnc4n3C(C)(C)CC4)n1)C2=O. The Labute approximate surface area is 200 Å². The number of aromatic nitrogens is 5. The van der Waals surface area contributed by atoms with Gasteiger partial charge in [-0.15, -0.1) is 10.2 Å². The second kappa shape index (κ2) is 7.10. The number of amides is 1. The molecule has 0 unspecified atom stereocenters. The third-order valence-electron chi connectivity index (χ3n) is 7.82. The van der Waals surface area contributed by atoms with Gasteiger partial charge in [-0.05, 0) is 72.1 Å². The van der Waals surface area contributed by atoms with Gasteiger partial charge in [0.25, 0.3) is 5.91 Å². The highest BCUT2D eigenvalue weighted by Gasteiger charge is 2.37. The normalized spacial score (nSPS) is 20.2. The Bertz CT molecular complexity index is 1320. The van der Waals surface area contributed by atoms with Crippen LogP contribution in [-0.2, 0) is 18.5 Å². The van der Waals surface area contributed by atoms with E-state index < -0.39 is 0 Å².